The van der Waals surface area contributed by atoms with Crippen LogP contribution in [0, 0.1) is 5.92 Å². The third kappa shape index (κ3) is 2.70. The van der Waals surface area contributed by atoms with Crippen LogP contribution in [0.5, 0.6) is 0 Å². The van der Waals surface area contributed by atoms with E-state index in [-0.39, 0.29) is 5.91 Å². The minimum absolute atomic E-state index is 0.213. The summed E-state index contributed by atoms with van der Waals surface area (Å²) in [4.78, 5) is 16.3. The van der Waals surface area contributed by atoms with E-state index in [0.717, 1.165) is 48.1 Å². The Labute approximate surface area is 143 Å². The van der Waals surface area contributed by atoms with E-state index in [2.05, 4.69) is 26.7 Å². The first-order valence-electron chi connectivity index (χ1n) is 7.97. The van der Waals surface area contributed by atoms with Crippen LogP contribution >= 0.6 is 23.1 Å². The first-order valence-corrected chi connectivity index (χ1v) is 10.0. The number of nitrogens with one attached hydrogen (secondary N) is 2. The average molecular weight is 348 g/mol. The van der Waals surface area contributed by atoms with Crippen LogP contribution in [0.2, 0.25) is 0 Å². The number of rotatable bonds is 4. The first kappa shape index (κ1) is 15.2. The van der Waals surface area contributed by atoms with Gasteiger partial charge in [0.05, 0.1) is 20.3 Å². The number of nitrogens with zero attached hydrogens (tertiary/aromatic N) is 2. The van der Waals surface area contributed by atoms with Crippen molar-refractivity contribution in [1.82, 2.24) is 20.4 Å². The molecule has 1 atom stereocenters. The Morgan fingerprint density at radius 2 is 2.43 bits per heavy atom. The maximum Gasteiger partial charge on any atom is 0.256 e. The van der Waals surface area contributed by atoms with E-state index in [9.17, 15) is 4.79 Å². The number of thioether (sulfide) groups is 1. The molecule has 0 aromatic carbocycles. The highest BCUT2D eigenvalue weighted by Crippen LogP contribution is 2.43. The fourth-order valence-corrected chi connectivity index (χ4v) is 5.55. The lowest BCUT2D eigenvalue weighted by Gasteiger charge is -2.30. The molecule has 0 aliphatic carbocycles. The molecule has 1 saturated heterocycles. The second kappa shape index (κ2) is 6.30. The van der Waals surface area contributed by atoms with Crippen molar-refractivity contribution in [3.63, 3.8) is 0 Å². The van der Waals surface area contributed by atoms with Gasteiger partial charge in [0.1, 0.15) is 0 Å². The molecule has 0 spiro atoms. The summed E-state index contributed by atoms with van der Waals surface area (Å²) in [6, 6.07) is 1.98. The third-order valence-electron chi connectivity index (χ3n) is 4.68. The van der Waals surface area contributed by atoms with E-state index in [1.807, 2.05) is 6.07 Å². The molecule has 1 unspecified atom stereocenters. The number of H-pyrrole nitrogens is 1. The van der Waals surface area contributed by atoms with E-state index in [4.69, 9.17) is 0 Å². The first-order chi connectivity index (χ1) is 11.3. The lowest BCUT2D eigenvalue weighted by molar-refractivity contribution is 0.0713. The summed E-state index contributed by atoms with van der Waals surface area (Å²) in [6.45, 7) is 3.83. The minimum atomic E-state index is 0.213. The number of thiophene rings is 1. The molecular formula is C16H20N4OS2. The Bertz CT molecular complexity index is 704. The van der Waals surface area contributed by atoms with Crippen molar-refractivity contribution in [3.8, 4) is 10.6 Å². The predicted octanol–water partition coefficient (Wildman–Crippen LogP) is 2.47. The molecule has 2 aliphatic heterocycles. The SMILES string of the molecule is CSc1sc(-c2ccn[nH]2)c2c1C(=O)N(CC1CCNC1)CC2. The van der Waals surface area contributed by atoms with Crippen LogP contribution in [-0.2, 0) is 6.42 Å². The molecule has 7 heteroatoms. The highest BCUT2D eigenvalue weighted by molar-refractivity contribution is 8.00. The van der Waals surface area contributed by atoms with Gasteiger partial charge in [0.2, 0.25) is 0 Å². The quantitative estimate of drug-likeness (QED) is 0.834. The van der Waals surface area contributed by atoms with Crippen LogP contribution in [0.25, 0.3) is 10.6 Å². The lowest BCUT2D eigenvalue weighted by Crippen LogP contribution is -2.40. The van der Waals surface area contributed by atoms with Crippen LogP contribution in [-0.4, -0.2) is 53.4 Å². The molecule has 1 fully saturated rings. The number of hydrogen-bond acceptors (Lipinski definition) is 5. The van der Waals surface area contributed by atoms with Crippen molar-refractivity contribution in [1.29, 1.82) is 0 Å². The topological polar surface area (TPSA) is 61.0 Å². The Kier molecular flexibility index (Phi) is 4.17. The third-order valence-corrected chi connectivity index (χ3v) is 7.06. The molecule has 0 bridgehead atoms. The highest BCUT2D eigenvalue weighted by Gasteiger charge is 2.33. The van der Waals surface area contributed by atoms with Crippen molar-refractivity contribution >= 4 is 29.0 Å². The summed E-state index contributed by atoms with van der Waals surface area (Å²) in [5.41, 5.74) is 3.16. The van der Waals surface area contributed by atoms with Gasteiger partial charge in [-0.15, -0.1) is 23.1 Å². The van der Waals surface area contributed by atoms with Crippen LogP contribution in [0.4, 0.5) is 0 Å². The van der Waals surface area contributed by atoms with Gasteiger partial charge < -0.3 is 10.2 Å². The van der Waals surface area contributed by atoms with Crippen LogP contribution in [0.3, 0.4) is 0 Å². The molecule has 0 radical (unpaired) electrons. The molecule has 4 heterocycles. The van der Waals surface area contributed by atoms with E-state index < -0.39 is 0 Å². The maximum absolute atomic E-state index is 13.0. The second-order valence-corrected chi connectivity index (χ2v) is 8.20. The smallest absolute Gasteiger partial charge is 0.256 e. The van der Waals surface area contributed by atoms with Gasteiger partial charge in [0.15, 0.2) is 0 Å². The summed E-state index contributed by atoms with van der Waals surface area (Å²) < 4.78 is 1.13. The van der Waals surface area contributed by atoms with Crippen molar-refractivity contribution in [2.75, 3.05) is 32.4 Å². The van der Waals surface area contributed by atoms with Crippen molar-refractivity contribution in [2.24, 2.45) is 5.92 Å². The lowest BCUT2D eigenvalue weighted by atomic mass is 9.99. The second-order valence-electron chi connectivity index (χ2n) is 6.11. The van der Waals surface area contributed by atoms with Gasteiger partial charge in [-0.3, -0.25) is 9.89 Å². The summed E-state index contributed by atoms with van der Waals surface area (Å²) in [5.74, 6) is 0.813. The number of aromatic nitrogens is 2. The monoisotopic (exact) mass is 348 g/mol. The Balaban J connectivity index is 1.66. The van der Waals surface area contributed by atoms with Gasteiger partial charge in [-0.1, -0.05) is 0 Å². The van der Waals surface area contributed by atoms with Crippen LogP contribution in [0.1, 0.15) is 22.3 Å². The molecule has 4 rings (SSSR count). The van der Waals surface area contributed by atoms with Crippen molar-refractivity contribution in [2.45, 2.75) is 17.1 Å². The Hall–Kier alpha value is -1.31. The molecule has 122 valence electrons. The molecule has 5 nitrogen and oxygen atoms in total. The zero-order valence-corrected chi connectivity index (χ0v) is 14.7. The fraction of sp³-hybridized carbons (Fsp3) is 0.500. The van der Waals surface area contributed by atoms with Crippen molar-refractivity contribution in [3.05, 3.63) is 23.4 Å². The zero-order chi connectivity index (χ0) is 15.8. The summed E-state index contributed by atoms with van der Waals surface area (Å²) >= 11 is 3.39. The number of carbonyl (C=O) groups is 1. The number of aromatic amines is 1. The number of amides is 1. The van der Waals surface area contributed by atoms with E-state index in [1.165, 1.54) is 16.9 Å². The van der Waals surface area contributed by atoms with Gasteiger partial charge in [0.25, 0.3) is 5.91 Å². The van der Waals surface area contributed by atoms with Gasteiger partial charge in [-0.25, -0.2) is 0 Å². The minimum Gasteiger partial charge on any atom is -0.338 e. The zero-order valence-electron chi connectivity index (χ0n) is 13.1. The molecule has 2 aromatic rings. The largest absolute Gasteiger partial charge is 0.338 e. The molecule has 23 heavy (non-hydrogen) atoms. The normalized spacial score (nSPS) is 21.0. The summed E-state index contributed by atoms with van der Waals surface area (Å²) in [5, 5.41) is 10.5. The standard InChI is InChI=1S/C16H20N4OS2/c1-22-16-13-11(14(23-16)12-3-6-18-19-12)4-7-20(15(13)21)9-10-2-5-17-8-10/h3,6,10,17H,2,4-5,7-9H2,1H3,(H,18,19). The molecular weight excluding hydrogens is 328 g/mol. The van der Waals surface area contributed by atoms with Gasteiger partial charge in [-0.05, 0) is 49.7 Å². The van der Waals surface area contributed by atoms with Crippen LogP contribution in [0.15, 0.2) is 16.5 Å². The fourth-order valence-electron chi connectivity index (χ4n) is 3.50. The highest BCUT2D eigenvalue weighted by atomic mass is 32.2. The van der Waals surface area contributed by atoms with E-state index >= 15 is 0 Å². The number of fused-ring (bicyclic) bond motifs is 1. The summed E-state index contributed by atoms with van der Waals surface area (Å²) in [7, 11) is 0. The van der Waals surface area contributed by atoms with Gasteiger partial charge in [-0.2, -0.15) is 5.10 Å². The van der Waals surface area contributed by atoms with Crippen LogP contribution < -0.4 is 5.32 Å². The van der Waals surface area contributed by atoms with Crippen molar-refractivity contribution < 1.29 is 4.79 Å². The Morgan fingerprint density at radius 3 is 3.13 bits per heavy atom. The average Bonchev–Trinajstić information content (AvgIpc) is 3.29. The molecule has 1 amide bonds. The molecule has 2 aromatic heterocycles. The van der Waals surface area contributed by atoms with E-state index in [0.29, 0.717) is 5.92 Å². The number of carbonyl (C=O) groups excluding carboxylic acids is 1. The maximum atomic E-state index is 13.0. The molecule has 2 N–H and O–H groups in total. The van der Waals surface area contributed by atoms with E-state index in [1.54, 1.807) is 29.3 Å². The predicted molar refractivity (Wildman–Crippen MR) is 94.3 cm³/mol. The molecule has 2 aliphatic rings. The van der Waals surface area contributed by atoms with Gasteiger partial charge in [0, 0.05) is 19.3 Å². The molecule has 0 saturated carbocycles. The Morgan fingerprint density at radius 1 is 1.52 bits per heavy atom. The van der Waals surface area contributed by atoms with Gasteiger partial charge >= 0.3 is 0 Å². The summed E-state index contributed by atoms with van der Waals surface area (Å²) in [6.07, 6.45) is 5.93. The number of hydrogen-bond donors (Lipinski definition) is 2.